The van der Waals surface area contributed by atoms with Crippen molar-refractivity contribution in [3.8, 4) is 0 Å². The van der Waals surface area contributed by atoms with E-state index in [-0.39, 0.29) is 22.5 Å². The number of nitrogens with zero attached hydrogens (tertiary/aromatic N) is 2. The number of benzene rings is 2. The summed E-state index contributed by atoms with van der Waals surface area (Å²) in [7, 11) is 0. The number of carboxylic acid groups (broad SMARTS) is 1. The zero-order valence-corrected chi connectivity index (χ0v) is 18.4. The Morgan fingerprint density at radius 2 is 2.03 bits per heavy atom. The molecule has 1 fully saturated rings. The van der Waals surface area contributed by atoms with Gasteiger partial charge in [-0.2, -0.15) is 5.10 Å². The lowest BCUT2D eigenvalue weighted by Crippen LogP contribution is -2.27. The Balaban J connectivity index is 1.67. The van der Waals surface area contributed by atoms with Crippen LogP contribution in [-0.4, -0.2) is 38.9 Å². The molecule has 2 aromatic rings. The third kappa shape index (κ3) is 5.11. The van der Waals surface area contributed by atoms with Crippen LogP contribution >= 0.6 is 35.1 Å². The average molecular weight is 478 g/mol. The van der Waals surface area contributed by atoms with Crippen LogP contribution in [0.4, 0.5) is 4.39 Å². The lowest BCUT2D eigenvalue weighted by Gasteiger charge is -2.26. The maximum atomic E-state index is 14.3. The highest BCUT2D eigenvalue weighted by Crippen LogP contribution is 2.37. The number of fused-ring (bicyclic) bond motifs is 1. The van der Waals surface area contributed by atoms with Crippen LogP contribution in [0.2, 0.25) is 5.02 Å². The lowest BCUT2D eigenvalue weighted by atomic mass is 9.91. The van der Waals surface area contributed by atoms with Crippen molar-refractivity contribution in [2.24, 2.45) is 16.1 Å². The fraction of sp³-hybridized carbons (Fsp3) is 0.238. The quantitative estimate of drug-likeness (QED) is 0.629. The van der Waals surface area contributed by atoms with Crippen LogP contribution in [0.25, 0.3) is 0 Å². The Kier molecular flexibility index (Phi) is 6.64. The van der Waals surface area contributed by atoms with Gasteiger partial charge in [0.1, 0.15) is 11.1 Å². The molecule has 1 amide bonds. The van der Waals surface area contributed by atoms with Crippen molar-refractivity contribution in [1.82, 2.24) is 5.32 Å². The minimum Gasteiger partial charge on any atom is -0.481 e. The van der Waals surface area contributed by atoms with Crippen molar-refractivity contribution >= 4 is 57.9 Å². The fourth-order valence-electron chi connectivity index (χ4n) is 3.37. The van der Waals surface area contributed by atoms with Crippen molar-refractivity contribution < 1.29 is 19.1 Å². The minimum atomic E-state index is -1.06. The monoisotopic (exact) mass is 477 g/mol. The van der Waals surface area contributed by atoms with Crippen molar-refractivity contribution in [3.05, 3.63) is 64.4 Å². The summed E-state index contributed by atoms with van der Waals surface area (Å²) in [6.07, 6.45) is 0.397. The minimum absolute atomic E-state index is 0.0262. The molecule has 2 unspecified atom stereocenters. The molecule has 2 aliphatic rings. The van der Waals surface area contributed by atoms with E-state index in [1.54, 1.807) is 17.8 Å². The molecule has 2 aliphatic heterocycles. The first-order valence-electron chi connectivity index (χ1n) is 9.41. The SMILES string of the molecule is O=C(O)CC1S/C(=N\N=C2/c3cc(F)c(Cl)cc3SCC2Cc2ccccc2)NC1=O. The maximum absolute atomic E-state index is 14.3. The van der Waals surface area contributed by atoms with Crippen LogP contribution in [0, 0.1) is 11.7 Å². The third-order valence-electron chi connectivity index (χ3n) is 4.84. The molecular weight excluding hydrogens is 461 g/mol. The lowest BCUT2D eigenvalue weighted by molar-refractivity contribution is -0.138. The van der Waals surface area contributed by atoms with Gasteiger partial charge in [0.05, 0.1) is 17.2 Å². The standard InChI is InChI=1S/C21H17ClFN3O3S2/c22-14-8-16-13(7-15(14)23)19(12(10-30-16)6-11-4-2-1-3-5-11)25-26-21-24-20(29)17(31-21)9-18(27)28/h1-5,7-8,12,17H,6,9-10H2,(H,27,28)(H,24,26,29)/b25-19-. The smallest absolute Gasteiger partial charge is 0.305 e. The van der Waals surface area contributed by atoms with Crippen molar-refractivity contribution in [2.75, 3.05) is 5.75 Å². The second kappa shape index (κ2) is 9.42. The van der Waals surface area contributed by atoms with Crippen molar-refractivity contribution in [3.63, 3.8) is 0 Å². The number of halogens is 2. The van der Waals surface area contributed by atoms with Gasteiger partial charge >= 0.3 is 5.97 Å². The van der Waals surface area contributed by atoms with Gasteiger partial charge in [0.15, 0.2) is 5.17 Å². The van der Waals surface area contributed by atoms with E-state index >= 15 is 0 Å². The first-order valence-corrected chi connectivity index (χ1v) is 11.7. The average Bonchev–Trinajstić information content (AvgIpc) is 3.07. The summed E-state index contributed by atoms with van der Waals surface area (Å²) in [5.74, 6) is -1.32. The molecule has 31 heavy (non-hydrogen) atoms. The summed E-state index contributed by atoms with van der Waals surface area (Å²) in [6, 6.07) is 12.9. The van der Waals surface area contributed by atoms with Crippen LogP contribution in [0.3, 0.4) is 0 Å². The van der Waals surface area contributed by atoms with E-state index in [2.05, 4.69) is 15.5 Å². The Morgan fingerprint density at radius 3 is 2.77 bits per heavy atom. The number of thioether (sulfide) groups is 2. The van der Waals surface area contributed by atoms with Crippen LogP contribution in [0.15, 0.2) is 57.6 Å². The number of amidine groups is 1. The molecule has 4 rings (SSSR count). The molecule has 0 aromatic heterocycles. The molecule has 0 radical (unpaired) electrons. The zero-order chi connectivity index (χ0) is 22.0. The van der Waals surface area contributed by atoms with Crippen LogP contribution in [0.5, 0.6) is 0 Å². The van der Waals surface area contributed by atoms with Gasteiger partial charge in [-0.15, -0.1) is 16.9 Å². The number of carbonyl (C=O) groups excluding carboxylic acids is 1. The van der Waals surface area contributed by atoms with Gasteiger partial charge in [-0.1, -0.05) is 53.7 Å². The Labute approximate surface area is 191 Å². The van der Waals surface area contributed by atoms with Crippen molar-refractivity contribution in [2.45, 2.75) is 23.0 Å². The molecule has 0 aliphatic carbocycles. The molecule has 2 aromatic carbocycles. The second-order valence-electron chi connectivity index (χ2n) is 7.04. The topological polar surface area (TPSA) is 91.1 Å². The van der Waals surface area contributed by atoms with E-state index < -0.39 is 22.9 Å². The molecule has 2 atom stereocenters. The fourth-order valence-corrected chi connectivity index (χ4v) is 5.69. The van der Waals surface area contributed by atoms with Gasteiger partial charge in [0.25, 0.3) is 0 Å². The molecule has 2 N–H and O–H groups in total. The van der Waals surface area contributed by atoms with Crippen LogP contribution < -0.4 is 5.32 Å². The van der Waals surface area contributed by atoms with Gasteiger partial charge in [-0.05, 0) is 24.1 Å². The Hall–Kier alpha value is -2.36. The number of hydrogen-bond donors (Lipinski definition) is 2. The first kappa shape index (κ1) is 21.9. The van der Waals surface area contributed by atoms with E-state index in [9.17, 15) is 14.0 Å². The summed E-state index contributed by atoms with van der Waals surface area (Å²) in [4.78, 5) is 23.7. The van der Waals surface area contributed by atoms with Crippen molar-refractivity contribution in [1.29, 1.82) is 0 Å². The Bertz CT molecular complexity index is 1090. The molecule has 6 nitrogen and oxygen atoms in total. The number of rotatable bonds is 5. The number of aliphatic carboxylic acids is 1. The molecule has 0 bridgehead atoms. The summed E-state index contributed by atoms with van der Waals surface area (Å²) in [6.45, 7) is 0. The van der Waals surface area contributed by atoms with E-state index in [0.29, 0.717) is 23.4 Å². The normalized spacial score (nSPS) is 23.1. The predicted octanol–water partition coefficient (Wildman–Crippen LogP) is 4.21. The number of hydrogen-bond acceptors (Lipinski definition) is 6. The van der Waals surface area contributed by atoms with E-state index in [1.807, 2.05) is 30.3 Å². The summed E-state index contributed by atoms with van der Waals surface area (Å²) in [5.41, 5.74) is 2.36. The molecule has 2 heterocycles. The number of amides is 1. The Morgan fingerprint density at radius 1 is 1.26 bits per heavy atom. The van der Waals surface area contributed by atoms with E-state index in [4.69, 9.17) is 16.7 Å². The van der Waals surface area contributed by atoms with Gasteiger partial charge in [-0.25, -0.2) is 4.39 Å². The highest BCUT2D eigenvalue weighted by atomic mass is 35.5. The first-order chi connectivity index (χ1) is 14.9. The van der Waals surface area contributed by atoms with E-state index in [0.717, 1.165) is 22.2 Å². The summed E-state index contributed by atoms with van der Waals surface area (Å²) in [5, 5.41) is 19.6. The molecule has 10 heteroatoms. The van der Waals surface area contributed by atoms with Crippen LogP contribution in [-0.2, 0) is 16.0 Å². The second-order valence-corrected chi connectivity index (χ2v) is 9.70. The highest BCUT2D eigenvalue weighted by Gasteiger charge is 2.33. The summed E-state index contributed by atoms with van der Waals surface area (Å²) >= 11 is 8.58. The number of carboxylic acids is 1. The van der Waals surface area contributed by atoms with Gasteiger partial charge < -0.3 is 10.4 Å². The third-order valence-corrected chi connectivity index (χ3v) is 7.41. The molecular formula is C21H17ClFN3O3S2. The van der Waals surface area contributed by atoms with Gasteiger partial charge in [0, 0.05) is 22.1 Å². The largest absolute Gasteiger partial charge is 0.481 e. The zero-order valence-electron chi connectivity index (χ0n) is 16.0. The van der Waals surface area contributed by atoms with Gasteiger partial charge in [-0.3, -0.25) is 9.59 Å². The molecule has 160 valence electrons. The van der Waals surface area contributed by atoms with Gasteiger partial charge in [0.2, 0.25) is 5.91 Å². The van der Waals surface area contributed by atoms with Crippen LogP contribution in [0.1, 0.15) is 17.5 Å². The number of nitrogens with one attached hydrogen (secondary N) is 1. The molecule has 0 saturated carbocycles. The maximum Gasteiger partial charge on any atom is 0.305 e. The predicted molar refractivity (Wildman–Crippen MR) is 122 cm³/mol. The molecule has 0 spiro atoms. The highest BCUT2D eigenvalue weighted by molar-refractivity contribution is 8.15. The number of carbonyl (C=O) groups is 2. The van der Waals surface area contributed by atoms with E-state index in [1.165, 1.54) is 6.07 Å². The molecule has 1 saturated heterocycles. The summed E-state index contributed by atoms with van der Waals surface area (Å²) < 4.78 is 14.3.